The maximum atomic E-state index is 14.8. The van der Waals surface area contributed by atoms with Gasteiger partial charge in [-0.05, 0) is 36.2 Å². The highest BCUT2D eigenvalue weighted by atomic mass is 32.2. The Balaban J connectivity index is 1.71. The molecule has 2 N–H and O–H groups in total. The van der Waals surface area contributed by atoms with Crippen molar-refractivity contribution in [1.82, 2.24) is 25.0 Å². The molecule has 2 aromatic carbocycles. The monoisotopic (exact) mass is 462 g/mol. The summed E-state index contributed by atoms with van der Waals surface area (Å²) in [5, 5.41) is 8.04. The Bertz CT molecular complexity index is 1520. The lowest BCUT2D eigenvalue weighted by Crippen LogP contribution is -2.04. The number of halogens is 1. The summed E-state index contributed by atoms with van der Waals surface area (Å²) in [5.74, 6) is 1.68. The summed E-state index contributed by atoms with van der Waals surface area (Å²) in [6.07, 6.45) is 8.19. The van der Waals surface area contributed by atoms with Gasteiger partial charge in [-0.1, -0.05) is 35.4 Å². The van der Waals surface area contributed by atoms with Crippen molar-refractivity contribution in [2.45, 2.75) is 18.4 Å². The van der Waals surface area contributed by atoms with E-state index in [0.717, 1.165) is 11.8 Å². The molecular formula is C23H19FN6O2S. The summed E-state index contributed by atoms with van der Waals surface area (Å²) in [6.45, 7) is 2.06. The second kappa shape index (κ2) is 8.44. The molecule has 0 aliphatic carbocycles. The van der Waals surface area contributed by atoms with Crippen LogP contribution in [0, 0.1) is 25.1 Å². The summed E-state index contributed by atoms with van der Waals surface area (Å²) < 4.78 is 39.9. The van der Waals surface area contributed by atoms with Gasteiger partial charge in [0.25, 0.3) is 0 Å². The molecule has 0 bridgehead atoms. The summed E-state index contributed by atoms with van der Waals surface area (Å²) >= 11 is 0. The minimum absolute atomic E-state index is 0.0980. The second-order valence-electron chi connectivity index (χ2n) is 7.44. The highest BCUT2D eigenvalue weighted by Crippen LogP contribution is 2.28. The third-order valence-corrected chi connectivity index (χ3v) is 6.17. The molecule has 10 heteroatoms. The van der Waals surface area contributed by atoms with Gasteiger partial charge in [0.15, 0.2) is 27.3 Å². The smallest absolute Gasteiger partial charge is 0.193 e. The Kier molecular flexibility index (Phi) is 5.66. The quantitative estimate of drug-likeness (QED) is 0.453. The van der Waals surface area contributed by atoms with E-state index in [-0.39, 0.29) is 34.5 Å². The lowest BCUT2D eigenvalue weighted by atomic mass is 10.0. The van der Waals surface area contributed by atoms with Gasteiger partial charge in [-0.2, -0.15) is 0 Å². The van der Waals surface area contributed by atoms with E-state index in [4.69, 9.17) is 12.2 Å². The number of rotatable bonds is 5. The van der Waals surface area contributed by atoms with Gasteiger partial charge in [-0.15, -0.1) is 11.5 Å². The highest BCUT2D eigenvalue weighted by Gasteiger charge is 2.19. The van der Waals surface area contributed by atoms with Gasteiger partial charge in [0.05, 0.1) is 17.6 Å². The maximum absolute atomic E-state index is 14.8. The summed E-state index contributed by atoms with van der Waals surface area (Å²) in [7, 11) is -3.34. The molecule has 4 rings (SSSR count). The number of hydrogen-bond acceptors (Lipinski definition) is 7. The zero-order chi connectivity index (χ0) is 23.8. The molecule has 2 heterocycles. The Hall–Kier alpha value is -4.10. The zero-order valence-corrected chi connectivity index (χ0v) is 18.6. The molecule has 0 amide bonds. The van der Waals surface area contributed by atoms with Crippen molar-refractivity contribution in [3.05, 3.63) is 71.2 Å². The average molecular weight is 463 g/mol. The van der Waals surface area contributed by atoms with Gasteiger partial charge in [-0.3, -0.25) is 0 Å². The predicted molar refractivity (Wildman–Crippen MR) is 122 cm³/mol. The molecule has 4 aromatic rings. The first-order valence-electron chi connectivity index (χ1n) is 9.76. The number of benzene rings is 2. The van der Waals surface area contributed by atoms with Gasteiger partial charge in [0.2, 0.25) is 0 Å². The van der Waals surface area contributed by atoms with Crippen LogP contribution in [0.5, 0.6) is 0 Å². The summed E-state index contributed by atoms with van der Waals surface area (Å²) in [4.78, 5) is 8.63. The fraction of sp³-hybridized carbons (Fsp3) is 0.130. The predicted octanol–water partition coefficient (Wildman–Crippen LogP) is 2.86. The van der Waals surface area contributed by atoms with Gasteiger partial charge in [-0.25, -0.2) is 27.5 Å². The molecule has 0 saturated carbocycles. The minimum Gasteiger partial charge on any atom is -0.381 e. The lowest BCUT2D eigenvalue weighted by Gasteiger charge is -2.09. The molecule has 166 valence electrons. The number of hydrogen-bond donors (Lipinski definition) is 1. The standard InChI is InChI=1S/C23H19FN6O2S/c1-4-16-8-6-10-18(14(16)2)23-26-21(20(24)22(25)27-23)19-13-30(29-28-19)12-15-7-5-9-17(11-15)33(3,31)32/h1,5-11,13H,12H2,2-3H3,(H2,25,26,27). The van der Waals surface area contributed by atoms with E-state index in [2.05, 4.69) is 26.2 Å². The number of nitrogens with two attached hydrogens (primary N) is 1. The highest BCUT2D eigenvalue weighted by molar-refractivity contribution is 7.90. The molecule has 0 spiro atoms. The van der Waals surface area contributed by atoms with Crippen LogP contribution in [0.25, 0.3) is 22.8 Å². The third kappa shape index (κ3) is 4.44. The first-order chi connectivity index (χ1) is 15.7. The van der Waals surface area contributed by atoms with E-state index in [9.17, 15) is 12.8 Å². The van der Waals surface area contributed by atoms with Crippen LogP contribution in [0.1, 0.15) is 16.7 Å². The van der Waals surface area contributed by atoms with Crippen molar-refractivity contribution in [2.24, 2.45) is 0 Å². The molecule has 0 atom stereocenters. The molecule has 0 unspecified atom stereocenters. The fourth-order valence-corrected chi connectivity index (χ4v) is 4.03. The van der Waals surface area contributed by atoms with Crippen LogP contribution in [0.15, 0.2) is 53.6 Å². The first-order valence-corrected chi connectivity index (χ1v) is 11.7. The number of anilines is 1. The number of terminal acetylenes is 1. The molecule has 0 aliphatic heterocycles. The van der Waals surface area contributed by atoms with E-state index in [0.29, 0.717) is 16.7 Å². The van der Waals surface area contributed by atoms with E-state index in [1.807, 2.05) is 6.92 Å². The van der Waals surface area contributed by atoms with E-state index in [1.165, 1.54) is 16.9 Å². The van der Waals surface area contributed by atoms with Crippen LogP contribution in [-0.2, 0) is 16.4 Å². The maximum Gasteiger partial charge on any atom is 0.193 e. The molecule has 0 radical (unpaired) electrons. The van der Waals surface area contributed by atoms with E-state index >= 15 is 0 Å². The summed E-state index contributed by atoms with van der Waals surface area (Å²) in [5.41, 5.74) is 8.65. The van der Waals surface area contributed by atoms with Crippen LogP contribution in [0.3, 0.4) is 0 Å². The second-order valence-corrected chi connectivity index (χ2v) is 9.45. The van der Waals surface area contributed by atoms with Gasteiger partial charge >= 0.3 is 0 Å². The van der Waals surface area contributed by atoms with Gasteiger partial charge < -0.3 is 5.73 Å². The average Bonchev–Trinajstić information content (AvgIpc) is 3.23. The third-order valence-electron chi connectivity index (χ3n) is 5.06. The molecule has 8 nitrogen and oxygen atoms in total. The molecule has 2 aromatic heterocycles. The van der Waals surface area contributed by atoms with Crippen molar-refractivity contribution in [3.8, 4) is 35.1 Å². The summed E-state index contributed by atoms with van der Waals surface area (Å²) in [6, 6.07) is 11.8. The topological polar surface area (TPSA) is 117 Å². The Labute approximate surface area is 190 Å². The molecule has 33 heavy (non-hydrogen) atoms. The van der Waals surface area contributed by atoms with Crippen molar-refractivity contribution in [1.29, 1.82) is 0 Å². The number of aromatic nitrogens is 5. The molecule has 0 fully saturated rings. The zero-order valence-electron chi connectivity index (χ0n) is 17.8. The largest absolute Gasteiger partial charge is 0.381 e. The van der Waals surface area contributed by atoms with Crippen LogP contribution in [-0.4, -0.2) is 39.6 Å². The number of nitrogen functional groups attached to an aromatic ring is 1. The fourth-order valence-electron chi connectivity index (χ4n) is 3.33. The molecule has 0 aliphatic rings. The van der Waals surface area contributed by atoms with Crippen molar-refractivity contribution in [3.63, 3.8) is 0 Å². The van der Waals surface area contributed by atoms with Crippen LogP contribution < -0.4 is 5.73 Å². The van der Waals surface area contributed by atoms with Crippen molar-refractivity contribution >= 4 is 15.7 Å². The van der Waals surface area contributed by atoms with Crippen LogP contribution in [0.2, 0.25) is 0 Å². The van der Waals surface area contributed by atoms with Crippen molar-refractivity contribution < 1.29 is 12.8 Å². The Morgan fingerprint density at radius 3 is 2.67 bits per heavy atom. The van der Waals surface area contributed by atoms with E-state index < -0.39 is 15.7 Å². The minimum atomic E-state index is -3.34. The van der Waals surface area contributed by atoms with Gasteiger partial charge in [0, 0.05) is 17.4 Å². The SMILES string of the molecule is C#Cc1cccc(-c2nc(N)c(F)c(-c3cn(Cc4cccc(S(C)(=O)=O)c4)nn3)n2)c1C. The molecule has 0 saturated heterocycles. The Morgan fingerprint density at radius 1 is 1.18 bits per heavy atom. The normalized spacial score (nSPS) is 11.3. The molecular weight excluding hydrogens is 443 g/mol. The number of sulfone groups is 1. The lowest BCUT2D eigenvalue weighted by molar-refractivity contribution is 0.601. The van der Waals surface area contributed by atoms with E-state index in [1.54, 1.807) is 36.4 Å². The van der Waals surface area contributed by atoms with Crippen LogP contribution >= 0.6 is 0 Å². The van der Waals surface area contributed by atoms with Crippen molar-refractivity contribution in [2.75, 3.05) is 12.0 Å². The van der Waals surface area contributed by atoms with Gasteiger partial charge in [0.1, 0.15) is 11.4 Å². The number of nitrogens with zero attached hydrogens (tertiary/aromatic N) is 5. The van der Waals surface area contributed by atoms with Crippen LogP contribution in [0.4, 0.5) is 10.2 Å². The first kappa shape index (κ1) is 22.1. The Morgan fingerprint density at radius 2 is 1.94 bits per heavy atom.